The van der Waals surface area contributed by atoms with Crippen LogP contribution in [-0.2, 0) is 0 Å². The van der Waals surface area contributed by atoms with Gasteiger partial charge in [0.15, 0.2) is 0 Å². The van der Waals surface area contributed by atoms with Crippen LogP contribution in [0.4, 0.5) is 8.78 Å². The van der Waals surface area contributed by atoms with Crippen molar-refractivity contribution in [3.63, 3.8) is 0 Å². The first-order chi connectivity index (χ1) is 5.08. The van der Waals surface area contributed by atoms with Gasteiger partial charge in [0, 0.05) is 12.5 Å². The number of nitrogens with one attached hydrogen (secondary N) is 1. The number of alkyl halides is 2. The van der Waals surface area contributed by atoms with E-state index in [1.165, 1.54) is 0 Å². The topological polar surface area (TPSA) is 38.0 Å². The molecule has 0 aromatic heterocycles. The standard InChI is InChI=1S/C7H14F2N2/c1-11-5-3-2-4-7(8,9)6(5)10/h5-6,11H,2-4,10H2,1H3. The first kappa shape index (κ1) is 8.87. The van der Waals surface area contributed by atoms with Crippen LogP contribution >= 0.6 is 0 Å². The molecule has 66 valence electrons. The summed E-state index contributed by atoms with van der Waals surface area (Å²) >= 11 is 0. The van der Waals surface area contributed by atoms with Crippen molar-refractivity contribution in [1.29, 1.82) is 0 Å². The minimum atomic E-state index is -2.67. The molecule has 0 radical (unpaired) electrons. The largest absolute Gasteiger partial charge is 0.321 e. The van der Waals surface area contributed by atoms with E-state index < -0.39 is 12.0 Å². The van der Waals surface area contributed by atoms with E-state index >= 15 is 0 Å². The minimum absolute atomic E-state index is 0.0631. The van der Waals surface area contributed by atoms with E-state index in [0.29, 0.717) is 6.42 Å². The van der Waals surface area contributed by atoms with Crippen molar-refractivity contribution in [2.45, 2.75) is 37.3 Å². The lowest BCUT2D eigenvalue weighted by atomic mass is 9.88. The number of hydrogen-bond acceptors (Lipinski definition) is 2. The second-order valence-electron chi connectivity index (χ2n) is 3.07. The highest BCUT2D eigenvalue weighted by Crippen LogP contribution is 2.32. The Bertz CT molecular complexity index is 138. The van der Waals surface area contributed by atoms with Crippen LogP contribution in [0.5, 0.6) is 0 Å². The molecule has 0 spiro atoms. The third-order valence-corrected chi connectivity index (χ3v) is 2.32. The quantitative estimate of drug-likeness (QED) is 0.599. The zero-order valence-corrected chi connectivity index (χ0v) is 6.61. The maximum Gasteiger partial charge on any atom is 0.264 e. The summed E-state index contributed by atoms with van der Waals surface area (Å²) in [6, 6.07) is -1.24. The molecular weight excluding hydrogens is 150 g/mol. The van der Waals surface area contributed by atoms with Crippen LogP contribution in [0.25, 0.3) is 0 Å². The Hall–Kier alpha value is -0.220. The number of nitrogens with two attached hydrogens (primary N) is 1. The predicted molar refractivity (Wildman–Crippen MR) is 39.6 cm³/mol. The molecule has 1 aliphatic carbocycles. The van der Waals surface area contributed by atoms with Gasteiger partial charge < -0.3 is 11.1 Å². The average molecular weight is 164 g/mol. The third-order valence-electron chi connectivity index (χ3n) is 2.32. The van der Waals surface area contributed by atoms with Gasteiger partial charge in [0.1, 0.15) is 0 Å². The van der Waals surface area contributed by atoms with Gasteiger partial charge in [0.2, 0.25) is 0 Å². The molecule has 1 aliphatic rings. The van der Waals surface area contributed by atoms with Gasteiger partial charge in [-0.05, 0) is 19.9 Å². The van der Waals surface area contributed by atoms with Crippen LogP contribution in [0.15, 0.2) is 0 Å². The van der Waals surface area contributed by atoms with Crippen molar-refractivity contribution in [2.24, 2.45) is 5.73 Å². The molecule has 1 fully saturated rings. The monoisotopic (exact) mass is 164 g/mol. The van der Waals surface area contributed by atoms with E-state index in [9.17, 15) is 8.78 Å². The Morgan fingerprint density at radius 3 is 2.64 bits per heavy atom. The second kappa shape index (κ2) is 3.03. The Morgan fingerprint density at radius 2 is 2.18 bits per heavy atom. The van der Waals surface area contributed by atoms with Crippen LogP contribution in [-0.4, -0.2) is 25.1 Å². The molecule has 0 aromatic carbocycles. The van der Waals surface area contributed by atoms with Crippen LogP contribution in [0.3, 0.4) is 0 Å². The van der Waals surface area contributed by atoms with Crippen molar-refractivity contribution in [2.75, 3.05) is 7.05 Å². The lowest BCUT2D eigenvalue weighted by molar-refractivity contribution is -0.0617. The van der Waals surface area contributed by atoms with Gasteiger partial charge in [-0.25, -0.2) is 8.78 Å². The van der Waals surface area contributed by atoms with Gasteiger partial charge >= 0.3 is 0 Å². The van der Waals surface area contributed by atoms with E-state index in [1.54, 1.807) is 7.05 Å². The van der Waals surface area contributed by atoms with Crippen LogP contribution < -0.4 is 11.1 Å². The van der Waals surface area contributed by atoms with Crippen LogP contribution in [0, 0.1) is 0 Å². The second-order valence-corrected chi connectivity index (χ2v) is 3.07. The SMILES string of the molecule is CNC1CCCC(F)(F)C1N. The van der Waals surface area contributed by atoms with E-state index in [-0.39, 0.29) is 12.5 Å². The molecule has 0 aliphatic heterocycles. The molecule has 2 atom stereocenters. The molecule has 2 nitrogen and oxygen atoms in total. The summed E-state index contributed by atoms with van der Waals surface area (Å²) in [7, 11) is 1.67. The van der Waals surface area contributed by atoms with Crippen molar-refractivity contribution in [3.05, 3.63) is 0 Å². The fourth-order valence-electron chi connectivity index (χ4n) is 1.52. The molecule has 0 amide bonds. The van der Waals surface area contributed by atoms with E-state index in [1.807, 2.05) is 0 Å². The maximum atomic E-state index is 12.9. The molecule has 11 heavy (non-hydrogen) atoms. The van der Waals surface area contributed by atoms with Crippen LogP contribution in [0.1, 0.15) is 19.3 Å². The Morgan fingerprint density at radius 1 is 1.55 bits per heavy atom. The van der Waals surface area contributed by atoms with Crippen molar-refractivity contribution in [1.82, 2.24) is 5.32 Å². The lowest BCUT2D eigenvalue weighted by Gasteiger charge is -2.35. The lowest BCUT2D eigenvalue weighted by Crippen LogP contribution is -2.56. The van der Waals surface area contributed by atoms with Crippen molar-refractivity contribution < 1.29 is 8.78 Å². The van der Waals surface area contributed by atoms with Gasteiger partial charge in [-0.1, -0.05) is 0 Å². The minimum Gasteiger partial charge on any atom is -0.321 e. The molecule has 1 saturated carbocycles. The molecule has 0 aromatic rings. The number of hydrogen-bond donors (Lipinski definition) is 2. The summed E-state index contributed by atoms with van der Waals surface area (Å²) < 4.78 is 25.7. The molecular formula is C7H14F2N2. The summed E-state index contributed by atoms with van der Waals surface area (Å²) in [5.74, 6) is -2.67. The van der Waals surface area contributed by atoms with Gasteiger partial charge in [0.25, 0.3) is 5.92 Å². The molecule has 0 bridgehead atoms. The van der Waals surface area contributed by atoms with Crippen molar-refractivity contribution >= 4 is 0 Å². The Kier molecular flexibility index (Phi) is 2.44. The molecule has 2 unspecified atom stereocenters. The Balaban J connectivity index is 2.60. The predicted octanol–water partition coefficient (Wildman–Crippen LogP) is 0.721. The fourth-order valence-corrected chi connectivity index (χ4v) is 1.52. The fraction of sp³-hybridized carbons (Fsp3) is 1.00. The van der Waals surface area contributed by atoms with Crippen molar-refractivity contribution in [3.8, 4) is 0 Å². The highest BCUT2D eigenvalue weighted by molar-refractivity contribution is 4.94. The van der Waals surface area contributed by atoms with Gasteiger partial charge in [-0.3, -0.25) is 0 Å². The maximum absolute atomic E-state index is 12.9. The Labute approximate surface area is 65.1 Å². The third kappa shape index (κ3) is 1.68. The first-order valence-electron chi connectivity index (χ1n) is 3.88. The average Bonchev–Trinajstić information content (AvgIpc) is 1.95. The van der Waals surface area contributed by atoms with E-state index in [4.69, 9.17) is 5.73 Å². The first-order valence-corrected chi connectivity index (χ1v) is 3.88. The summed E-state index contributed by atoms with van der Waals surface area (Å²) in [5, 5.41) is 2.80. The zero-order valence-electron chi connectivity index (χ0n) is 6.61. The molecule has 4 heteroatoms. The van der Waals surface area contributed by atoms with E-state index in [0.717, 1.165) is 6.42 Å². The summed E-state index contributed by atoms with van der Waals surface area (Å²) in [6.45, 7) is 0. The van der Waals surface area contributed by atoms with Gasteiger partial charge in [0.05, 0.1) is 6.04 Å². The molecule has 0 heterocycles. The highest BCUT2D eigenvalue weighted by Gasteiger charge is 2.43. The number of likely N-dealkylation sites (N-methyl/N-ethyl adjacent to an activating group) is 1. The number of rotatable bonds is 1. The summed E-state index contributed by atoms with van der Waals surface area (Å²) in [5.41, 5.74) is 5.35. The smallest absolute Gasteiger partial charge is 0.264 e. The molecule has 1 rings (SSSR count). The summed E-state index contributed by atoms with van der Waals surface area (Å²) in [4.78, 5) is 0. The number of halogens is 2. The zero-order chi connectivity index (χ0) is 8.48. The van der Waals surface area contributed by atoms with Gasteiger partial charge in [-0.15, -0.1) is 0 Å². The van der Waals surface area contributed by atoms with E-state index in [2.05, 4.69) is 5.32 Å². The summed E-state index contributed by atoms with van der Waals surface area (Å²) in [6.07, 6.45) is 1.26. The van der Waals surface area contributed by atoms with Gasteiger partial charge in [-0.2, -0.15) is 0 Å². The normalized spacial score (nSPS) is 37.1. The molecule has 3 N–H and O–H groups in total. The van der Waals surface area contributed by atoms with Crippen LogP contribution in [0.2, 0.25) is 0 Å². The highest BCUT2D eigenvalue weighted by atomic mass is 19.3. The molecule has 0 saturated heterocycles.